The van der Waals surface area contributed by atoms with Gasteiger partial charge < -0.3 is 5.32 Å². The van der Waals surface area contributed by atoms with Crippen LogP contribution in [-0.4, -0.2) is 21.9 Å². The summed E-state index contributed by atoms with van der Waals surface area (Å²) in [5.41, 5.74) is 0.0593. The highest BCUT2D eigenvalue weighted by Gasteiger charge is 2.16. The molecule has 0 saturated heterocycles. The van der Waals surface area contributed by atoms with Gasteiger partial charge in [0.2, 0.25) is 5.95 Å². The Balaban J connectivity index is 2.38. The molecule has 2 rings (SSSR count). The summed E-state index contributed by atoms with van der Waals surface area (Å²) in [7, 11) is 1.71. The van der Waals surface area contributed by atoms with Crippen molar-refractivity contribution in [2.45, 2.75) is 9.92 Å². The highest BCUT2D eigenvalue weighted by molar-refractivity contribution is 9.10. The number of anilines is 1. The van der Waals surface area contributed by atoms with Gasteiger partial charge in [-0.15, -0.1) is 0 Å². The van der Waals surface area contributed by atoms with Crippen molar-refractivity contribution >= 4 is 39.3 Å². The number of hydrogen-bond acceptors (Lipinski definition) is 6. The van der Waals surface area contributed by atoms with Crippen LogP contribution in [-0.2, 0) is 0 Å². The molecule has 98 valence electrons. The molecule has 1 heterocycles. The second-order valence-electron chi connectivity index (χ2n) is 3.42. The summed E-state index contributed by atoms with van der Waals surface area (Å²) in [5.74, 6) is 0.462. The SMILES string of the molecule is CNc1ncc(Br)c(Sc2ccccc2[N+](=O)[O-])n1. The molecule has 0 fully saturated rings. The molecule has 0 aliphatic heterocycles. The molecule has 0 aliphatic rings. The lowest BCUT2D eigenvalue weighted by molar-refractivity contribution is -0.387. The van der Waals surface area contributed by atoms with Crippen molar-refractivity contribution in [2.75, 3.05) is 12.4 Å². The molecule has 2 aromatic rings. The van der Waals surface area contributed by atoms with Gasteiger partial charge in [0.1, 0.15) is 5.03 Å². The number of halogens is 1. The number of nitro benzene ring substituents is 1. The van der Waals surface area contributed by atoms with Crippen molar-refractivity contribution in [3.63, 3.8) is 0 Å². The summed E-state index contributed by atoms with van der Waals surface area (Å²) in [6, 6.07) is 6.55. The van der Waals surface area contributed by atoms with Crippen molar-refractivity contribution in [3.8, 4) is 0 Å². The second-order valence-corrected chi connectivity index (χ2v) is 5.31. The van der Waals surface area contributed by atoms with Gasteiger partial charge in [0.05, 0.1) is 14.3 Å². The van der Waals surface area contributed by atoms with Crippen molar-refractivity contribution in [3.05, 3.63) is 45.0 Å². The molecule has 8 heteroatoms. The molecule has 0 aliphatic carbocycles. The van der Waals surface area contributed by atoms with E-state index in [1.807, 2.05) is 0 Å². The lowest BCUT2D eigenvalue weighted by Gasteiger charge is -2.05. The zero-order valence-corrected chi connectivity index (χ0v) is 12.2. The third kappa shape index (κ3) is 3.21. The number of nitro groups is 1. The Hall–Kier alpha value is -1.67. The molecular formula is C11H9BrN4O2S. The van der Waals surface area contributed by atoms with Gasteiger partial charge in [-0.2, -0.15) is 0 Å². The summed E-state index contributed by atoms with van der Waals surface area (Å²) in [6.45, 7) is 0. The number of rotatable bonds is 4. The van der Waals surface area contributed by atoms with Gasteiger partial charge in [-0.3, -0.25) is 10.1 Å². The summed E-state index contributed by atoms with van der Waals surface area (Å²) in [4.78, 5) is 19.4. The monoisotopic (exact) mass is 340 g/mol. The summed E-state index contributed by atoms with van der Waals surface area (Å²) in [5, 5.41) is 14.4. The predicted octanol–water partition coefficient (Wildman–Crippen LogP) is 3.34. The van der Waals surface area contributed by atoms with E-state index >= 15 is 0 Å². The number of aromatic nitrogens is 2. The number of benzene rings is 1. The Morgan fingerprint density at radius 3 is 2.84 bits per heavy atom. The van der Waals surface area contributed by atoms with Crippen molar-refractivity contribution in [2.24, 2.45) is 0 Å². The van der Waals surface area contributed by atoms with Gasteiger partial charge in [0.25, 0.3) is 5.69 Å². The topological polar surface area (TPSA) is 81.0 Å². The minimum absolute atomic E-state index is 0.0593. The minimum atomic E-state index is -0.406. The maximum absolute atomic E-state index is 11.0. The fourth-order valence-corrected chi connectivity index (χ4v) is 2.66. The normalized spacial score (nSPS) is 10.2. The summed E-state index contributed by atoms with van der Waals surface area (Å²) < 4.78 is 0.689. The largest absolute Gasteiger partial charge is 0.357 e. The fourth-order valence-electron chi connectivity index (χ4n) is 1.34. The zero-order chi connectivity index (χ0) is 13.8. The molecule has 0 atom stereocenters. The molecule has 1 aromatic heterocycles. The number of nitrogens with zero attached hydrogens (tertiary/aromatic N) is 3. The van der Waals surface area contributed by atoms with Gasteiger partial charge in [0.15, 0.2) is 0 Å². The van der Waals surface area contributed by atoms with Crippen LogP contribution in [0, 0.1) is 10.1 Å². The standard InChI is InChI=1S/C11H9BrN4O2S/c1-13-11-14-6-7(12)10(15-11)19-9-5-3-2-4-8(9)16(17)18/h2-6H,1H3,(H,13,14,15). The quantitative estimate of drug-likeness (QED) is 0.522. The van der Waals surface area contributed by atoms with Crippen LogP contribution in [0.5, 0.6) is 0 Å². The molecule has 0 saturated carbocycles. The van der Waals surface area contributed by atoms with Crippen LogP contribution < -0.4 is 5.32 Å². The summed E-state index contributed by atoms with van der Waals surface area (Å²) >= 11 is 4.55. The van der Waals surface area contributed by atoms with E-state index in [0.717, 1.165) is 0 Å². The third-order valence-corrected chi connectivity index (χ3v) is 4.12. The van der Waals surface area contributed by atoms with E-state index in [-0.39, 0.29) is 5.69 Å². The van der Waals surface area contributed by atoms with Crippen molar-refractivity contribution in [1.82, 2.24) is 9.97 Å². The van der Waals surface area contributed by atoms with E-state index in [2.05, 4.69) is 31.2 Å². The predicted molar refractivity (Wildman–Crippen MR) is 76.5 cm³/mol. The van der Waals surface area contributed by atoms with Crippen LogP contribution >= 0.6 is 27.7 Å². The lowest BCUT2D eigenvalue weighted by atomic mass is 10.3. The van der Waals surface area contributed by atoms with Crippen molar-refractivity contribution in [1.29, 1.82) is 0 Å². The maximum Gasteiger partial charge on any atom is 0.283 e. The Labute approximate surface area is 121 Å². The van der Waals surface area contributed by atoms with E-state index in [4.69, 9.17) is 0 Å². The highest BCUT2D eigenvalue weighted by atomic mass is 79.9. The smallest absolute Gasteiger partial charge is 0.283 e. The number of nitrogens with one attached hydrogen (secondary N) is 1. The number of para-hydroxylation sites is 1. The molecule has 1 N–H and O–H groups in total. The Morgan fingerprint density at radius 2 is 2.16 bits per heavy atom. The van der Waals surface area contributed by atoms with E-state index in [0.29, 0.717) is 20.3 Å². The molecular weight excluding hydrogens is 332 g/mol. The highest BCUT2D eigenvalue weighted by Crippen LogP contribution is 2.36. The van der Waals surface area contributed by atoms with Gasteiger partial charge >= 0.3 is 0 Å². The van der Waals surface area contributed by atoms with Crippen LogP contribution in [0.15, 0.2) is 44.9 Å². The van der Waals surface area contributed by atoms with Crippen LogP contribution in [0.1, 0.15) is 0 Å². The molecule has 19 heavy (non-hydrogen) atoms. The molecule has 0 unspecified atom stereocenters. The van der Waals surface area contributed by atoms with Crippen LogP contribution in [0.25, 0.3) is 0 Å². The van der Waals surface area contributed by atoms with Gasteiger partial charge in [-0.25, -0.2) is 9.97 Å². The molecule has 1 aromatic carbocycles. The first-order valence-electron chi connectivity index (χ1n) is 5.23. The van der Waals surface area contributed by atoms with E-state index < -0.39 is 4.92 Å². The molecule has 0 amide bonds. The van der Waals surface area contributed by atoms with Crippen LogP contribution in [0.2, 0.25) is 0 Å². The van der Waals surface area contributed by atoms with E-state index in [9.17, 15) is 10.1 Å². The first-order chi connectivity index (χ1) is 9.11. The maximum atomic E-state index is 11.0. The second kappa shape index (κ2) is 5.98. The number of hydrogen-bond donors (Lipinski definition) is 1. The Morgan fingerprint density at radius 1 is 1.42 bits per heavy atom. The van der Waals surface area contributed by atoms with E-state index in [1.54, 1.807) is 31.4 Å². The molecule has 0 bridgehead atoms. The Bertz CT molecular complexity index is 623. The third-order valence-electron chi connectivity index (χ3n) is 2.20. The minimum Gasteiger partial charge on any atom is -0.357 e. The van der Waals surface area contributed by atoms with Crippen molar-refractivity contribution < 1.29 is 4.92 Å². The molecule has 0 radical (unpaired) electrons. The molecule has 6 nitrogen and oxygen atoms in total. The zero-order valence-electron chi connectivity index (χ0n) is 9.83. The van der Waals surface area contributed by atoms with Gasteiger partial charge in [0, 0.05) is 19.3 Å². The van der Waals surface area contributed by atoms with Gasteiger partial charge in [-0.05, 0) is 22.0 Å². The summed E-state index contributed by atoms with van der Waals surface area (Å²) in [6.07, 6.45) is 1.61. The average Bonchev–Trinajstić information content (AvgIpc) is 2.41. The average molecular weight is 341 g/mol. The van der Waals surface area contributed by atoms with Crippen LogP contribution in [0.3, 0.4) is 0 Å². The fraction of sp³-hybridized carbons (Fsp3) is 0.0909. The lowest BCUT2D eigenvalue weighted by Crippen LogP contribution is -1.97. The van der Waals surface area contributed by atoms with Gasteiger partial charge in [-0.1, -0.05) is 23.9 Å². The first-order valence-corrected chi connectivity index (χ1v) is 6.84. The first kappa shape index (κ1) is 13.8. The Kier molecular flexibility index (Phi) is 4.33. The van der Waals surface area contributed by atoms with Crippen LogP contribution in [0.4, 0.5) is 11.6 Å². The molecule has 0 spiro atoms. The van der Waals surface area contributed by atoms with E-state index in [1.165, 1.54) is 17.8 Å².